The summed E-state index contributed by atoms with van der Waals surface area (Å²) in [4.78, 5) is 48.6. The summed E-state index contributed by atoms with van der Waals surface area (Å²) in [5, 5.41) is 17.3. The Morgan fingerprint density at radius 3 is 2.57 bits per heavy atom. The molecule has 2 aromatic carbocycles. The number of aliphatic hydroxyl groups excluding tert-OH is 1. The van der Waals surface area contributed by atoms with Crippen molar-refractivity contribution in [1.82, 2.24) is 20.1 Å². The van der Waals surface area contributed by atoms with Crippen LogP contribution in [0.4, 0.5) is 5.69 Å². The van der Waals surface area contributed by atoms with Gasteiger partial charge in [-0.05, 0) is 62.8 Å². The number of likely N-dealkylation sites (N-methyl/N-ethyl adjacent to an activating group) is 1. The molecule has 9 nitrogen and oxygen atoms in total. The number of amides is 3. The van der Waals surface area contributed by atoms with E-state index in [1.54, 1.807) is 11.1 Å². The maximum Gasteiger partial charge on any atom is 0.249 e. The van der Waals surface area contributed by atoms with Crippen molar-refractivity contribution in [2.45, 2.75) is 69.7 Å². The number of para-hydroxylation sites is 1. The van der Waals surface area contributed by atoms with Crippen molar-refractivity contribution in [3.63, 3.8) is 0 Å². The van der Waals surface area contributed by atoms with Crippen LogP contribution in [-0.4, -0.2) is 82.0 Å². The maximum atomic E-state index is 13.9. The molecular weight excluding hydrogens is 530 g/mol. The molecule has 222 valence electrons. The van der Waals surface area contributed by atoms with Crippen molar-refractivity contribution < 1.29 is 19.5 Å². The number of fused-ring (bicyclic) bond motifs is 1. The van der Waals surface area contributed by atoms with Gasteiger partial charge in [0.05, 0.1) is 23.4 Å². The quantitative estimate of drug-likeness (QED) is 0.344. The molecule has 3 heterocycles. The second-order valence-corrected chi connectivity index (χ2v) is 11.7. The number of likely N-dealkylation sites (tertiary alicyclic amines) is 2. The monoisotopic (exact) mass is 571 g/mol. The van der Waals surface area contributed by atoms with Crippen LogP contribution in [0.5, 0.6) is 0 Å². The number of aryl methyl sites for hydroxylation is 1. The van der Waals surface area contributed by atoms with Gasteiger partial charge in [0.25, 0.3) is 0 Å². The van der Waals surface area contributed by atoms with Crippen molar-refractivity contribution in [1.29, 1.82) is 0 Å². The van der Waals surface area contributed by atoms with E-state index in [4.69, 9.17) is 0 Å². The van der Waals surface area contributed by atoms with Crippen LogP contribution in [0.15, 0.2) is 66.9 Å². The molecule has 2 aliphatic heterocycles. The fourth-order valence-corrected chi connectivity index (χ4v) is 6.38. The number of rotatable bonds is 10. The topological polar surface area (TPSA) is 115 Å². The molecule has 2 saturated heterocycles. The predicted molar refractivity (Wildman–Crippen MR) is 163 cm³/mol. The van der Waals surface area contributed by atoms with Crippen LogP contribution in [0.3, 0.4) is 0 Å². The zero-order chi connectivity index (χ0) is 29.6. The van der Waals surface area contributed by atoms with E-state index in [-0.39, 0.29) is 37.2 Å². The standard InChI is InChI=1S/C33H41N5O4/c1-3-9-23-16-29(37(2)20-23)33(42)38-21-26(36-32(41)30(39)15-14-22-10-5-4-6-11-22)18-28(38)31(40)35-25-17-24-12-7-8-13-27(24)34-19-25/h4-8,10-13,17,19,23,26,28-30,39H,3,9,14-16,18,20-21H2,1-2H3,(H,35,40)(H,36,41). The summed E-state index contributed by atoms with van der Waals surface area (Å²) < 4.78 is 0. The molecule has 5 rings (SSSR count). The van der Waals surface area contributed by atoms with Crippen LogP contribution in [0.25, 0.3) is 10.9 Å². The number of hydrogen-bond donors (Lipinski definition) is 3. The SMILES string of the molecule is CCCC1CC(C(=O)N2CC(NC(=O)C(O)CCc3ccccc3)CC2C(=O)Nc2cnc3ccccc3c2)N(C)C1. The second-order valence-electron chi connectivity index (χ2n) is 11.7. The van der Waals surface area contributed by atoms with E-state index in [9.17, 15) is 19.5 Å². The smallest absolute Gasteiger partial charge is 0.249 e. The lowest BCUT2D eigenvalue weighted by atomic mass is 10.00. The average molecular weight is 572 g/mol. The molecule has 0 bridgehead atoms. The molecule has 1 aromatic heterocycles. The Morgan fingerprint density at radius 2 is 1.79 bits per heavy atom. The first-order chi connectivity index (χ1) is 20.3. The van der Waals surface area contributed by atoms with Gasteiger partial charge in [-0.1, -0.05) is 61.9 Å². The molecule has 9 heteroatoms. The Labute approximate surface area is 247 Å². The van der Waals surface area contributed by atoms with Crippen molar-refractivity contribution in [2.75, 3.05) is 25.5 Å². The number of benzene rings is 2. The van der Waals surface area contributed by atoms with Crippen molar-refractivity contribution in [2.24, 2.45) is 5.92 Å². The van der Waals surface area contributed by atoms with Crippen LogP contribution in [-0.2, 0) is 20.8 Å². The van der Waals surface area contributed by atoms with E-state index in [0.29, 0.717) is 18.0 Å². The normalized spacial score (nSPS) is 23.2. The van der Waals surface area contributed by atoms with Crippen LogP contribution in [0.2, 0.25) is 0 Å². The average Bonchev–Trinajstić information content (AvgIpc) is 3.59. The highest BCUT2D eigenvalue weighted by Gasteiger charge is 2.45. The first-order valence-corrected chi connectivity index (χ1v) is 15.0. The van der Waals surface area contributed by atoms with Crippen LogP contribution in [0, 0.1) is 5.92 Å². The lowest BCUT2D eigenvalue weighted by Crippen LogP contribution is -2.50. The largest absolute Gasteiger partial charge is 0.383 e. The first kappa shape index (κ1) is 29.7. The lowest BCUT2D eigenvalue weighted by Gasteiger charge is -2.29. The minimum Gasteiger partial charge on any atom is -0.383 e. The number of aliphatic hydroxyl groups is 1. The number of anilines is 1. The fourth-order valence-electron chi connectivity index (χ4n) is 6.38. The summed E-state index contributed by atoms with van der Waals surface area (Å²) >= 11 is 0. The third-order valence-corrected chi connectivity index (χ3v) is 8.56. The minimum atomic E-state index is -1.18. The zero-order valence-corrected chi connectivity index (χ0v) is 24.4. The summed E-state index contributed by atoms with van der Waals surface area (Å²) in [6.45, 7) is 3.22. The molecule has 0 aliphatic carbocycles. The Bertz CT molecular complexity index is 1400. The number of nitrogens with one attached hydrogen (secondary N) is 2. The Kier molecular flexibility index (Phi) is 9.49. The summed E-state index contributed by atoms with van der Waals surface area (Å²) in [7, 11) is 1.96. The van der Waals surface area contributed by atoms with Crippen molar-refractivity contribution in [3.8, 4) is 0 Å². The number of carbonyl (C=O) groups excluding carboxylic acids is 3. The Morgan fingerprint density at radius 1 is 1.02 bits per heavy atom. The summed E-state index contributed by atoms with van der Waals surface area (Å²) in [6.07, 6.45) is 4.45. The van der Waals surface area contributed by atoms with E-state index in [2.05, 4.69) is 27.4 Å². The van der Waals surface area contributed by atoms with Crippen LogP contribution in [0.1, 0.15) is 44.6 Å². The van der Waals surface area contributed by atoms with E-state index in [0.717, 1.165) is 42.3 Å². The molecule has 42 heavy (non-hydrogen) atoms. The van der Waals surface area contributed by atoms with Gasteiger partial charge in [0, 0.05) is 24.5 Å². The Hall–Kier alpha value is -3.82. The summed E-state index contributed by atoms with van der Waals surface area (Å²) in [5.41, 5.74) is 2.42. The van der Waals surface area contributed by atoms with Gasteiger partial charge in [0.2, 0.25) is 17.7 Å². The van der Waals surface area contributed by atoms with E-state index in [1.807, 2.05) is 67.7 Å². The molecule has 2 aliphatic rings. The van der Waals surface area contributed by atoms with Gasteiger partial charge in [0.15, 0.2) is 0 Å². The van der Waals surface area contributed by atoms with Crippen molar-refractivity contribution >= 4 is 34.3 Å². The van der Waals surface area contributed by atoms with Gasteiger partial charge >= 0.3 is 0 Å². The lowest BCUT2D eigenvalue weighted by molar-refractivity contribution is -0.140. The fraction of sp³-hybridized carbons (Fsp3) is 0.455. The third-order valence-electron chi connectivity index (χ3n) is 8.56. The van der Waals surface area contributed by atoms with Crippen LogP contribution >= 0.6 is 0 Å². The van der Waals surface area contributed by atoms with E-state index >= 15 is 0 Å². The van der Waals surface area contributed by atoms with Gasteiger partial charge in [-0.15, -0.1) is 0 Å². The zero-order valence-electron chi connectivity index (χ0n) is 24.4. The van der Waals surface area contributed by atoms with Gasteiger partial charge in [-0.25, -0.2) is 0 Å². The first-order valence-electron chi connectivity index (χ1n) is 15.0. The van der Waals surface area contributed by atoms with Gasteiger partial charge in [-0.3, -0.25) is 24.3 Å². The van der Waals surface area contributed by atoms with E-state index < -0.39 is 24.1 Å². The van der Waals surface area contributed by atoms with E-state index in [1.165, 1.54) is 0 Å². The molecule has 0 spiro atoms. The molecular formula is C33H41N5O4. The predicted octanol–water partition coefficient (Wildman–Crippen LogP) is 3.37. The maximum absolute atomic E-state index is 13.9. The van der Waals surface area contributed by atoms with Gasteiger partial charge in [0.1, 0.15) is 12.1 Å². The number of carbonyl (C=O) groups is 3. The van der Waals surface area contributed by atoms with Crippen LogP contribution < -0.4 is 10.6 Å². The molecule has 5 unspecified atom stereocenters. The summed E-state index contributed by atoms with van der Waals surface area (Å²) in [5.74, 6) is -0.436. The molecule has 0 saturated carbocycles. The number of pyridine rings is 1. The molecule has 2 fully saturated rings. The molecule has 0 radical (unpaired) electrons. The molecule has 3 N–H and O–H groups in total. The van der Waals surface area contributed by atoms with Gasteiger partial charge in [-0.2, -0.15) is 0 Å². The minimum absolute atomic E-state index is 0.0886. The third kappa shape index (κ3) is 6.97. The molecule has 3 amide bonds. The summed E-state index contributed by atoms with van der Waals surface area (Å²) in [6, 6.07) is 17.7. The number of aromatic nitrogens is 1. The molecule has 5 atom stereocenters. The highest BCUT2D eigenvalue weighted by Crippen LogP contribution is 2.30. The second kappa shape index (κ2) is 13.4. The van der Waals surface area contributed by atoms with Crippen molar-refractivity contribution in [3.05, 3.63) is 72.4 Å². The van der Waals surface area contributed by atoms with Gasteiger partial charge < -0.3 is 20.6 Å². The number of nitrogens with zero attached hydrogens (tertiary/aromatic N) is 3. The highest BCUT2D eigenvalue weighted by molar-refractivity contribution is 5.99. The number of hydrogen-bond acceptors (Lipinski definition) is 6. The highest BCUT2D eigenvalue weighted by atomic mass is 16.3. The molecule has 3 aromatic rings. The Balaban J connectivity index is 1.28.